The van der Waals surface area contributed by atoms with E-state index in [9.17, 15) is 5.11 Å². The maximum absolute atomic E-state index is 9.75. The first kappa shape index (κ1) is 16.3. The summed E-state index contributed by atoms with van der Waals surface area (Å²) in [6.45, 7) is 2.57. The smallest absolute Gasteiger partial charge is 0.125 e. The average Bonchev–Trinajstić information content (AvgIpc) is 2.46. The molecule has 2 aromatic rings. The van der Waals surface area contributed by atoms with Gasteiger partial charge >= 0.3 is 0 Å². The van der Waals surface area contributed by atoms with E-state index in [2.05, 4.69) is 31.9 Å². The van der Waals surface area contributed by atoms with Gasteiger partial charge in [-0.15, -0.1) is 0 Å². The molecule has 5 heteroatoms. The summed E-state index contributed by atoms with van der Waals surface area (Å²) in [6, 6.07) is 13.2. The maximum atomic E-state index is 9.75. The summed E-state index contributed by atoms with van der Waals surface area (Å²) >= 11 is 6.77. The van der Waals surface area contributed by atoms with Crippen LogP contribution in [0.2, 0.25) is 0 Å². The van der Waals surface area contributed by atoms with Crippen molar-refractivity contribution in [3.63, 3.8) is 0 Å². The summed E-state index contributed by atoms with van der Waals surface area (Å²) < 4.78 is 13.2. The number of hydrogen-bond donors (Lipinski definition) is 1. The van der Waals surface area contributed by atoms with E-state index in [0.29, 0.717) is 19.0 Å². The van der Waals surface area contributed by atoms with Crippen molar-refractivity contribution < 1.29 is 14.6 Å². The number of rotatable bonds is 6. The third-order valence-corrected chi connectivity index (χ3v) is 3.87. The largest absolute Gasteiger partial charge is 0.490 e. The highest BCUT2D eigenvalue weighted by molar-refractivity contribution is 9.10. The monoisotopic (exact) mass is 414 g/mol. The quantitative estimate of drug-likeness (QED) is 0.693. The third kappa shape index (κ3) is 5.02. The van der Waals surface area contributed by atoms with Crippen LogP contribution >= 0.6 is 31.9 Å². The fourth-order valence-electron chi connectivity index (χ4n) is 1.82. The van der Waals surface area contributed by atoms with Gasteiger partial charge in [0.25, 0.3) is 0 Å². The van der Waals surface area contributed by atoms with Crippen LogP contribution in [0.1, 0.15) is 18.6 Å². The Kier molecular flexibility index (Phi) is 6.08. The van der Waals surface area contributed by atoms with Crippen molar-refractivity contribution in [2.24, 2.45) is 0 Å². The van der Waals surface area contributed by atoms with Crippen molar-refractivity contribution in [2.45, 2.75) is 13.0 Å². The standard InChI is InChI=1S/C16H16Br2O3/c1-11(19)15-10-13(18)4-7-16(15)21-9-8-20-14-5-2-12(17)3-6-14/h2-7,10-11,19H,8-9H2,1H3/t11-/m0/s1. The van der Waals surface area contributed by atoms with E-state index in [1.54, 1.807) is 6.92 Å². The summed E-state index contributed by atoms with van der Waals surface area (Å²) in [6.07, 6.45) is -0.579. The second-order valence-corrected chi connectivity index (χ2v) is 6.34. The molecule has 0 heterocycles. The van der Waals surface area contributed by atoms with Gasteiger partial charge in [0.05, 0.1) is 6.10 Å². The summed E-state index contributed by atoms with van der Waals surface area (Å²) in [5.41, 5.74) is 0.757. The molecule has 0 saturated carbocycles. The summed E-state index contributed by atoms with van der Waals surface area (Å²) in [5.74, 6) is 1.47. The summed E-state index contributed by atoms with van der Waals surface area (Å²) in [7, 11) is 0. The van der Waals surface area contributed by atoms with Gasteiger partial charge in [-0.05, 0) is 49.4 Å². The van der Waals surface area contributed by atoms with Crippen LogP contribution in [0.25, 0.3) is 0 Å². The van der Waals surface area contributed by atoms with Crippen LogP contribution < -0.4 is 9.47 Å². The number of halogens is 2. The highest BCUT2D eigenvalue weighted by atomic mass is 79.9. The molecule has 0 spiro atoms. The lowest BCUT2D eigenvalue weighted by Gasteiger charge is -2.14. The molecule has 0 bridgehead atoms. The van der Waals surface area contributed by atoms with Gasteiger partial charge in [0.2, 0.25) is 0 Å². The van der Waals surface area contributed by atoms with E-state index in [4.69, 9.17) is 9.47 Å². The van der Waals surface area contributed by atoms with Crippen LogP contribution in [0.3, 0.4) is 0 Å². The Balaban J connectivity index is 1.87. The van der Waals surface area contributed by atoms with Crippen molar-refractivity contribution in [3.8, 4) is 11.5 Å². The van der Waals surface area contributed by atoms with E-state index in [1.165, 1.54) is 0 Å². The van der Waals surface area contributed by atoms with Gasteiger partial charge < -0.3 is 14.6 Å². The molecule has 0 saturated heterocycles. The number of aliphatic hydroxyl groups is 1. The number of aliphatic hydroxyl groups excluding tert-OH is 1. The zero-order valence-corrected chi connectivity index (χ0v) is 14.7. The van der Waals surface area contributed by atoms with Crippen LogP contribution in [-0.4, -0.2) is 18.3 Å². The highest BCUT2D eigenvalue weighted by Gasteiger charge is 2.09. The predicted molar refractivity (Wildman–Crippen MR) is 89.9 cm³/mol. The predicted octanol–water partition coefficient (Wildman–Crippen LogP) is 4.72. The van der Waals surface area contributed by atoms with Crippen molar-refractivity contribution in [1.29, 1.82) is 0 Å². The molecular formula is C16H16Br2O3. The zero-order valence-electron chi connectivity index (χ0n) is 11.6. The summed E-state index contributed by atoms with van der Waals surface area (Å²) in [5, 5.41) is 9.75. The first-order valence-corrected chi connectivity index (χ1v) is 8.13. The molecule has 21 heavy (non-hydrogen) atoms. The first-order valence-electron chi connectivity index (χ1n) is 6.55. The lowest BCUT2D eigenvalue weighted by molar-refractivity contribution is 0.182. The molecule has 0 radical (unpaired) electrons. The topological polar surface area (TPSA) is 38.7 Å². The van der Waals surface area contributed by atoms with Gasteiger partial charge in [-0.1, -0.05) is 31.9 Å². The number of benzene rings is 2. The Bertz CT molecular complexity index is 583. The lowest BCUT2D eigenvalue weighted by atomic mass is 10.1. The van der Waals surface area contributed by atoms with Gasteiger partial charge in [0.15, 0.2) is 0 Å². The van der Waals surface area contributed by atoms with Crippen LogP contribution in [0.4, 0.5) is 0 Å². The maximum Gasteiger partial charge on any atom is 0.125 e. The minimum absolute atomic E-state index is 0.414. The molecule has 0 aliphatic carbocycles. The summed E-state index contributed by atoms with van der Waals surface area (Å²) in [4.78, 5) is 0. The molecule has 112 valence electrons. The normalized spacial score (nSPS) is 12.0. The molecule has 2 rings (SSSR count). The van der Waals surface area contributed by atoms with Gasteiger partial charge in [-0.25, -0.2) is 0 Å². The Hall–Kier alpha value is -1.04. The lowest BCUT2D eigenvalue weighted by Crippen LogP contribution is -2.10. The molecule has 0 amide bonds. The SMILES string of the molecule is C[C@H](O)c1cc(Br)ccc1OCCOc1ccc(Br)cc1. The van der Waals surface area contributed by atoms with E-state index in [0.717, 1.165) is 20.3 Å². The van der Waals surface area contributed by atoms with Crippen LogP contribution in [0, 0.1) is 0 Å². The molecule has 0 aromatic heterocycles. The fraction of sp³-hybridized carbons (Fsp3) is 0.250. The molecule has 0 unspecified atom stereocenters. The van der Waals surface area contributed by atoms with Gasteiger partial charge in [0.1, 0.15) is 24.7 Å². The third-order valence-electron chi connectivity index (χ3n) is 2.85. The van der Waals surface area contributed by atoms with E-state index < -0.39 is 6.10 Å². The van der Waals surface area contributed by atoms with E-state index in [-0.39, 0.29) is 0 Å². The number of hydrogen-bond acceptors (Lipinski definition) is 3. The average molecular weight is 416 g/mol. The van der Waals surface area contributed by atoms with Crippen molar-refractivity contribution >= 4 is 31.9 Å². The van der Waals surface area contributed by atoms with Gasteiger partial charge in [-0.3, -0.25) is 0 Å². The minimum Gasteiger partial charge on any atom is -0.490 e. The van der Waals surface area contributed by atoms with Crippen molar-refractivity contribution in [1.82, 2.24) is 0 Å². The first-order chi connectivity index (χ1) is 10.1. The molecule has 1 atom stereocenters. The second kappa shape index (κ2) is 7.82. The van der Waals surface area contributed by atoms with Crippen LogP contribution in [0.5, 0.6) is 11.5 Å². The van der Waals surface area contributed by atoms with Crippen LogP contribution in [0.15, 0.2) is 51.4 Å². The fourth-order valence-corrected chi connectivity index (χ4v) is 2.46. The molecule has 3 nitrogen and oxygen atoms in total. The van der Waals surface area contributed by atoms with Gasteiger partial charge in [0, 0.05) is 14.5 Å². The molecule has 0 aliphatic heterocycles. The Morgan fingerprint density at radius 2 is 1.57 bits per heavy atom. The molecule has 0 aliphatic rings. The second-order valence-electron chi connectivity index (χ2n) is 4.51. The van der Waals surface area contributed by atoms with Crippen molar-refractivity contribution in [3.05, 3.63) is 57.0 Å². The Labute approximate surface area is 141 Å². The Morgan fingerprint density at radius 1 is 0.952 bits per heavy atom. The van der Waals surface area contributed by atoms with Crippen molar-refractivity contribution in [2.75, 3.05) is 13.2 Å². The van der Waals surface area contributed by atoms with Crippen LogP contribution in [-0.2, 0) is 0 Å². The minimum atomic E-state index is -0.579. The highest BCUT2D eigenvalue weighted by Crippen LogP contribution is 2.28. The molecule has 0 fully saturated rings. The zero-order chi connectivity index (χ0) is 15.2. The molecular weight excluding hydrogens is 400 g/mol. The van der Waals surface area contributed by atoms with Gasteiger partial charge in [-0.2, -0.15) is 0 Å². The molecule has 1 N–H and O–H groups in total. The Morgan fingerprint density at radius 3 is 2.24 bits per heavy atom. The number of ether oxygens (including phenoxy) is 2. The molecule has 2 aromatic carbocycles. The van der Waals surface area contributed by atoms with E-state index >= 15 is 0 Å². The van der Waals surface area contributed by atoms with E-state index in [1.807, 2.05) is 42.5 Å².